The minimum Gasteiger partial charge on any atom is -0.296 e. The maximum Gasteiger partial charge on any atom is 0.0701 e. The Morgan fingerprint density at radius 2 is 1.86 bits per heavy atom. The van der Waals surface area contributed by atoms with Crippen LogP contribution in [-0.2, 0) is 0 Å². The summed E-state index contributed by atoms with van der Waals surface area (Å²) in [7, 11) is 0. The number of fused-ring (bicyclic) bond motifs is 2. The average Bonchev–Trinajstić information content (AvgIpc) is 1.96. The van der Waals surface area contributed by atoms with Gasteiger partial charge in [0.05, 0.1) is 6.17 Å². The predicted octanol–water partition coefficient (Wildman–Crippen LogP) is 2.93. The summed E-state index contributed by atoms with van der Waals surface area (Å²) in [4.78, 5) is 0. The van der Waals surface area contributed by atoms with E-state index in [1.807, 2.05) is 0 Å². The molecule has 2 heterocycles. The topological polar surface area (TPSA) is 15.3 Å². The molecule has 0 spiro atoms. The largest absolute Gasteiger partial charge is 0.296 e. The highest BCUT2D eigenvalue weighted by Gasteiger charge is 2.45. The molecule has 0 aromatic rings. The molecule has 0 aliphatic carbocycles. The van der Waals surface area contributed by atoms with Crippen LogP contribution >= 0.6 is 22.9 Å². The molecule has 2 bridgehead atoms. The Balaban J connectivity index is 2.19. The van der Waals surface area contributed by atoms with Crippen LogP contribution in [-0.4, -0.2) is 20.4 Å². The molecule has 2 aliphatic heterocycles. The average molecular weight is 308 g/mol. The lowest BCUT2D eigenvalue weighted by Crippen LogP contribution is -2.64. The van der Waals surface area contributed by atoms with E-state index in [-0.39, 0.29) is 0 Å². The first-order chi connectivity index (χ1) is 6.30. The number of rotatable bonds is 0. The molecule has 1 N–H and O–H groups in total. The second kappa shape index (κ2) is 3.32. The number of nitrogens with one attached hydrogen (secondary N) is 1. The van der Waals surface area contributed by atoms with Crippen molar-refractivity contribution >= 4 is 22.9 Å². The van der Waals surface area contributed by atoms with Crippen LogP contribution in [0.25, 0.3) is 0 Å². The zero-order valence-electron chi connectivity index (χ0n) is 9.60. The highest BCUT2D eigenvalue weighted by Crippen LogP contribution is 2.43. The summed E-state index contributed by atoms with van der Waals surface area (Å²) in [6, 6.07) is 0. The van der Waals surface area contributed by atoms with E-state index in [4.69, 9.17) is 0 Å². The molecule has 2 nitrogen and oxygen atoms in total. The van der Waals surface area contributed by atoms with E-state index in [0.29, 0.717) is 17.2 Å². The number of piperidine rings is 2. The van der Waals surface area contributed by atoms with Gasteiger partial charge < -0.3 is 0 Å². The quantitative estimate of drug-likeness (QED) is 0.547. The highest BCUT2D eigenvalue weighted by molar-refractivity contribution is 14.1. The molecule has 2 rings (SSSR count). The molecule has 2 aliphatic rings. The fraction of sp³-hybridized carbons (Fsp3) is 1.00. The molecule has 0 radical (unpaired) electrons. The Hall–Kier alpha value is 0.650. The van der Waals surface area contributed by atoms with Crippen molar-refractivity contribution in [2.45, 2.75) is 64.2 Å². The van der Waals surface area contributed by atoms with Gasteiger partial charge in [0.1, 0.15) is 0 Å². The lowest BCUT2D eigenvalue weighted by atomic mass is 9.74. The van der Waals surface area contributed by atoms with E-state index in [0.717, 1.165) is 5.92 Å². The van der Waals surface area contributed by atoms with Crippen molar-refractivity contribution in [2.75, 3.05) is 0 Å². The molecule has 1 unspecified atom stereocenters. The van der Waals surface area contributed by atoms with Gasteiger partial charge in [-0.05, 0) is 52.9 Å². The zero-order chi connectivity index (χ0) is 10.6. The van der Waals surface area contributed by atoms with Crippen molar-refractivity contribution in [3.8, 4) is 0 Å². The Morgan fingerprint density at radius 3 is 2.50 bits per heavy atom. The first-order valence-electron chi connectivity index (χ1n) is 5.53. The van der Waals surface area contributed by atoms with Gasteiger partial charge in [-0.15, -0.1) is 0 Å². The maximum atomic E-state index is 3.75. The van der Waals surface area contributed by atoms with Crippen LogP contribution in [0.1, 0.15) is 47.0 Å². The molecular weight excluding hydrogens is 287 g/mol. The Labute approximate surface area is 101 Å². The molecule has 14 heavy (non-hydrogen) atoms. The number of halogens is 1. The van der Waals surface area contributed by atoms with E-state index >= 15 is 0 Å². The number of hydrogen-bond donors (Lipinski definition) is 1. The van der Waals surface area contributed by atoms with Gasteiger partial charge in [0.25, 0.3) is 0 Å². The predicted molar refractivity (Wildman–Crippen MR) is 68.3 cm³/mol. The first-order valence-corrected chi connectivity index (χ1v) is 6.49. The van der Waals surface area contributed by atoms with Crippen LogP contribution in [0.2, 0.25) is 0 Å². The van der Waals surface area contributed by atoms with Gasteiger partial charge in [0.15, 0.2) is 0 Å². The van der Waals surface area contributed by atoms with Gasteiger partial charge in [-0.3, -0.25) is 5.32 Å². The minimum absolute atomic E-state index is 0.327. The molecule has 2 saturated heterocycles. The van der Waals surface area contributed by atoms with Crippen molar-refractivity contribution in [1.82, 2.24) is 8.43 Å². The van der Waals surface area contributed by atoms with Crippen LogP contribution in [0.15, 0.2) is 0 Å². The molecule has 0 aromatic heterocycles. The monoisotopic (exact) mass is 308 g/mol. The summed E-state index contributed by atoms with van der Waals surface area (Å²) in [5.74, 6) is 0.914. The van der Waals surface area contributed by atoms with Crippen molar-refractivity contribution in [3.05, 3.63) is 0 Å². The molecule has 2 fully saturated rings. The van der Waals surface area contributed by atoms with E-state index in [1.54, 1.807) is 0 Å². The molecule has 3 heteroatoms. The Kier molecular flexibility index (Phi) is 2.64. The molecule has 0 saturated carbocycles. The fourth-order valence-electron chi connectivity index (χ4n) is 3.21. The summed E-state index contributed by atoms with van der Waals surface area (Å²) in [6.45, 7) is 9.38. The maximum absolute atomic E-state index is 3.75. The van der Waals surface area contributed by atoms with Crippen molar-refractivity contribution in [2.24, 2.45) is 5.92 Å². The van der Waals surface area contributed by atoms with Crippen LogP contribution in [0.3, 0.4) is 0 Å². The second-order valence-corrected chi connectivity index (χ2v) is 7.22. The smallest absolute Gasteiger partial charge is 0.0701 e. The molecule has 2 atom stereocenters. The third-order valence-corrected chi connectivity index (χ3v) is 5.53. The number of nitrogens with zero attached hydrogens (tertiary/aromatic N) is 1. The Morgan fingerprint density at radius 1 is 1.21 bits per heavy atom. The van der Waals surface area contributed by atoms with Crippen molar-refractivity contribution in [3.63, 3.8) is 0 Å². The molecule has 0 amide bonds. The van der Waals surface area contributed by atoms with Gasteiger partial charge in [-0.25, -0.2) is 3.11 Å². The first kappa shape index (κ1) is 11.1. The standard InChI is InChI=1S/C11H21IN2/c1-10(2)6-8-5-9(13-10)14(12)11(3,4)7-8/h8-9,13H,5-7H2,1-4H3/t8?,9-/m0/s1. The lowest BCUT2D eigenvalue weighted by Gasteiger charge is -2.54. The second-order valence-electron chi connectivity index (χ2n) is 6.18. The molecule has 82 valence electrons. The summed E-state index contributed by atoms with van der Waals surface area (Å²) in [6.07, 6.45) is 4.58. The van der Waals surface area contributed by atoms with Gasteiger partial charge >= 0.3 is 0 Å². The van der Waals surface area contributed by atoms with Crippen LogP contribution in [0.5, 0.6) is 0 Å². The minimum atomic E-state index is 0.327. The lowest BCUT2D eigenvalue weighted by molar-refractivity contribution is 0.0119. The molecular formula is C11H21IN2. The van der Waals surface area contributed by atoms with Crippen LogP contribution < -0.4 is 5.32 Å². The highest BCUT2D eigenvalue weighted by atomic mass is 127. The normalized spacial score (nSPS) is 40.9. The molecule has 0 aromatic carbocycles. The van der Waals surface area contributed by atoms with E-state index in [9.17, 15) is 0 Å². The van der Waals surface area contributed by atoms with Crippen LogP contribution in [0, 0.1) is 5.92 Å². The van der Waals surface area contributed by atoms with Gasteiger partial charge in [-0.1, -0.05) is 0 Å². The van der Waals surface area contributed by atoms with E-state index in [2.05, 4.69) is 59.0 Å². The van der Waals surface area contributed by atoms with Gasteiger partial charge in [0.2, 0.25) is 0 Å². The van der Waals surface area contributed by atoms with Gasteiger partial charge in [-0.2, -0.15) is 0 Å². The van der Waals surface area contributed by atoms with Crippen LogP contribution in [0.4, 0.5) is 0 Å². The Bertz CT molecular complexity index is 237. The summed E-state index contributed by atoms with van der Waals surface area (Å²) >= 11 is 2.49. The van der Waals surface area contributed by atoms with E-state index in [1.165, 1.54) is 19.3 Å². The summed E-state index contributed by atoms with van der Waals surface area (Å²) in [5, 5.41) is 3.75. The number of hydrogen-bond acceptors (Lipinski definition) is 2. The van der Waals surface area contributed by atoms with Crippen molar-refractivity contribution in [1.29, 1.82) is 0 Å². The third kappa shape index (κ3) is 1.95. The zero-order valence-corrected chi connectivity index (χ0v) is 11.8. The summed E-state index contributed by atoms with van der Waals surface area (Å²) in [5.41, 5.74) is 0.686. The summed E-state index contributed by atoms with van der Waals surface area (Å²) < 4.78 is 2.49. The third-order valence-electron chi connectivity index (χ3n) is 3.55. The van der Waals surface area contributed by atoms with Crippen molar-refractivity contribution < 1.29 is 0 Å². The van der Waals surface area contributed by atoms with E-state index < -0.39 is 0 Å². The van der Waals surface area contributed by atoms with Gasteiger partial charge in [0, 0.05) is 33.9 Å². The SMILES string of the molecule is CC1(C)CC2C[C@@H](N1)N(I)C(C)(C)C2. The fourth-order valence-corrected chi connectivity index (χ4v) is 3.77.